The molecule has 0 bridgehead atoms. The SMILES string of the molecule is CN1CCC(NCc2cc3cc4c(cc3n2C)CCCc2c-4[nH]c(=O)c(C(=O)O)c2O)CC1.Cl.Cl. The van der Waals surface area contributed by atoms with Crippen LogP contribution in [0.25, 0.3) is 22.2 Å². The standard InChI is InChI=1S/C25H30N4O4.2ClH/c1-28-8-6-16(7-9-28)26-13-17-10-15-11-19-14(12-20(15)29(17)2)4-3-5-18-22(19)27-24(31)21(23(18)30)25(32)33;;/h10-12,16,26H,3-9,13H2,1-2H3,(H,32,33)(H2,27,30,31);2*1H. The number of fused-ring (bicyclic) bond motifs is 4. The maximum atomic E-state index is 12.4. The lowest BCUT2D eigenvalue weighted by atomic mass is 9.98. The summed E-state index contributed by atoms with van der Waals surface area (Å²) in [6, 6.07) is 6.92. The van der Waals surface area contributed by atoms with Crippen LogP contribution in [0.5, 0.6) is 5.75 Å². The van der Waals surface area contributed by atoms with Gasteiger partial charge in [-0.1, -0.05) is 0 Å². The summed E-state index contributed by atoms with van der Waals surface area (Å²) < 4.78 is 2.22. The van der Waals surface area contributed by atoms with Gasteiger partial charge < -0.3 is 30.0 Å². The predicted octanol–water partition coefficient (Wildman–Crippen LogP) is 3.45. The Kier molecular flexibility index (Phi) is 8.21. The first-order valence-corrected chi connectivity index (χ1v) is 11.6. The Hall–Kier alpha value is -2.52. The fraction of sp³-hybridized carbons (Fsp3) is 0.440. The smallest absolute Gasteiger partial charge is 0.345 e. The second-order valence-corrected chi connectivity index (χ2v) is 9.41. The molecular formula is C25H32Cl2N4O4. The van der Waals surface area contributed by atoms with Crippen molar-refractivity contribution in [2.24, 2.45) is 7.05 Å². The molecule has 1 fully saturated rings. The summed E-state index contributed by atoms with van der Waals surface area (Å²) in [5, 5.41) is 24.7. The van der Waals surface area contributed by atoms with E-state index in [1.54, 1.807) is 0 Å². The lowest BCUT2D eigenvalue weighted by Gasteiger charge is -2.29. The van der Waals surface area contributed by atoms with Gasteiger partial charge in [-0.25, -0.2) is 4.79 Å². The number of aromatic amines is 1. The molecule has 35 heavy (non-hydrogen) atoms. The van der Waals surface area contributed by atoms with Crippen molar-refractivity contribution in [3.63, 3.8) is 0 Å². The minimum Gasteiger partial charge on any atom is -0.506 e. The van der Waals surface area contributed by atoms with Crippen LogP contribution >= 0.6 is 24.8 Å². The van der Waals surface area contributed by atoms with Crippen molar-refractivity contribution < 1.29 is 15.0 Å². The molecule has 1 aliphatic heterocycles. The van der Waals surface area contributed by atoms with Crippen LogP contribution in [0.2, 0.25) is 0 Å². The summed E-state index contributed by atoms with van der Waals surface area (Å²) >= 11 is 0. The van der Waals surface area contributed by atoms with Gasteiger partial charge in [0.1, 0.15) is 5.75 Å². The Morgan fingerprint density at radius 3 is 2.54 bits per heavy atom. The van der Waals surface area contributed by atoms with Crippen LogP contribution in [0, 0.1) is 0 Å². The zero-order chi connectivity index (χ0) is 23.3. The largest absolute Gasteiger partial charge is 0.506 e. The van der Waals surface area contributed by atoms with E-state index in [0.29, 0.717) is 23.7 Å². The van der Waals surface area contributed by atoms with Gasteiger partial charge in [-0.2, -0.15) is 0 Å². The van der Waals surface area contributed by atoms with Crippen molar-refractivity contribution >= 4 is 41.7 Å². The molecular weight excluding hydrogens is 491 g/mol. The van der Waals surface area contributed by atoms with Gasteiger partial charge in [0.15, 0.2) is 5.56 Å². The molecule has 3 heterocycles. The van der Waals surface area contributed by atoms with Crippen LogP contribution in [0.4, 0.5) is 0 Å². The summed E-state index contributed by atoms with van der Waals surface area (Å²) in [6.07, 6.45) is 4.37. The number of H-pyrrole nitrogens is 1. The van der Waals surface area contributed by atoms with Crippen molar-refractivity contribution in [2.45, 2.75) is 44.7 Å². The molecule has 0 saturated carbocycles. The maximum absolute atomic E-state index is 12.4. The Morgan fingerprint density at radius 2 is 1.86 bits per heavy atom. The van der Waals surface area contributed by atoms with Gasteiger partial charge in [0.25, 0.3) is 5.56 Å². The van der Waals surface area contributed by atoms with Gasteiger partial charge in [0.05, 0.1) is 5.69 Å². The lowest BCUT2D eigenvalue weighted by molar-refractivity contribution is 0.0691. The molecule has 0 unspecified atom stereocenters. The Balaban J connectivity index is 0.00000171. The van der Waals surface area contributed by atoms with E-state index in [4.69, 9.17) is 0 Å². The molecule has 10 heteroatoms. The summed E-state index contributed by atoms with van der Waals surface area (Å²) in [4.78, 5) is 29.0. The molecule has 2 aromatic heterocycles. The second-order valence-electron chi connectivity index (χ2n) is 9.41. The topological polar surface area (TPSA) is 111 Å². The molecule has 4 N–H and O–H groups in total. The average molecular weight is 523 g/mol. The summed E-state index contributed by atoms with van der Waals surface area (Å²) in [7, 11) is 4.25. The first-order chi connectivity index (χ1) is 15.8. The number of rotatable bonds is 4. The number of piperidine rings is 1. The van der Waals surface area contributed by atoms with E-state index in [1.165, 1.54) is 5.69 Å². The molecule has 0 atom stereocenters. The Labute approximate surface area is 216 Å². The number of aromatic carboxylic acids is 1. The minimum atomic E-state index is -1.42. The first kappa shape index (κ1) is 27.1. The highest BCUT2D eigenvalue weighted by Gasteiger charge is 2.26. The molecule has 8 nitrogen and oxygen atoms in total. The van der Waals surface area contributed by atoms with Crippen LogP contribution in [-0.4, -0.2) is 56.8 Å². The quantitative estimate of drug-likeness (QED) is 0.417. The molecule has 1 saturated heterocycles. The van der Waals surface area contributed by atoms with Crippen LogP contribution < -0.4 is 10.9 Å². The van der Waals surface area contributed by atoms with E-state index in [0.717, 1.165) is 67.3 Å². The van der Waals surface area contributed by atoms with E-state index in [9.17, 15) is 19.8 Å². The van der Waals surface area contributed by atoms with Crippen LogP contribution in [0.1, 0.15) is 46.4 Å². The summed E-state index contributed by atoms with van der Waals surface area (Å²) in [5.41, 5.74) is 3.96. The zero-order valence-corrected chi connectivity index (χ0v) is 21.5. The molecule has 190 valence electrons. The van der Waals surface area contributed by atoms with E-state index in [2.05, 4.69) is 52.1 Å². The number of aryl methyl sites for hydroxylation is 2. The average Bonchev–Trinajstić information content (AvgIpc) is 2.96. The monoisotopic (exact) mass is 522 g/mol. The number of benzene rings is 1. The number of pyridine rings is 1. The van der Waals surface area contributed by atoms with Gasteiger partial charge in [-0.15, -0.1) is 24.8 Å². The number of carboxylic acid groups (broad SMARTS) is 1. The van der Waals surface area contributed by atoms with Crippen molar-refractivity contribution in [1.29, 1.82) is 0 Å². The molecule has 0 radical (unpaired) electrons. The Morgan fingerprint density at radius 1 is 1.14 bits per heavy atom. The highest BCUT2D eigenvalue weighted by molar-refractivity contribution is 5.93. The molecule has 2 aliphatic rings. The van der Waals surface area contributed by atoms with Gasteiger partial charge in [0.2, 0.25) is 0 Å². The predicted molar refractivity (Wildman–Crippen MR) is 141 cm³/mol. The van der Waals surface area contributed by atoms with Gasteiger partial charge >= 0.3 is 5.97 Å². The zero-order valence-electron chi connectivity index (χ0n) is 19.9. The van der Waals surface area contributed by atoms with Crippen molar-refractivity contribution in [3.05, 3.63) is 50.9 Å². The Bertz CT molecular complexity index is 1310. The lowest BCUT2D eigenvalue weighted by Crippen LogP contribution is -2.40. The van der Waals surface area contributed by atoms with Crippen molar-refractivity contribution in [3.8, 4) is 17.0 Å². The van der Waals surface area contributed by atoms with Crippen LogP contribution in [0.15, 0.2) is 23.0 Å². The third-order valence-corrected chi connectivity index (χ3v) is 7.30. The molecule has 0 spiro atoms. The fourth-order valence-corrected chi connectivity index (χ4v) is 5.31. The number of hydrogen-bond acceptors (Lipinski definition) is 5. The molecule has 5 rings (SSSR count). The highest BCUT2D eigenvalue weighted by atomic mass is 35.5. The number of nitrogens with one attached hydrogen (secondary N) is 2. The number of hydrogen-bond donors (Lipinski definition) is 4. The van der Waals surface area contributed by atoms with E-state index < -0.39 is 22.8 Å². The first-order valence-electron chi connectivity index (χ1n) is 11.6. The van der Waals surface area contributed by atoms with Gasteiger partial charge in [-0.05, 0) is 76.0 Å². The number of carboxylic acids is 1. The number of carbonyl (C=O) groups is 1. The number of likely N-dealkylation sites (tertiary alicyclic amines) is 1. The van der Waals surface area contributed by atoms with E-state index in [1.807, 2.05) is 0 Å². The molecule has 1 aromatic carbocycles. The molecule has 0 amide bonds. The van der Waals surface area contributed by atoms with Crippen molar-refractivity contribution in [2.75, 3.05) is 20.1 Å². The maximum Gasteiger partial charge on any atom is 0.345 e. The molecule has 1 aliphatic carbocycles. The second kappa shape index (κ2) is 10.6. The minimum absolute atomic E-state index is 0. The van der Waals surface area contributed by atoms with Crippen LogP contribution in [0.3, 0.4) is 0 Å². The number of aromatic nitrogens is 2. The van der Waals surface area contributed by atoms with Gasteiger partial charge in [-0.3, -0.25) is 4.79 Å². The normalized spacial score (nSPS) is 16.1. The van der Waals surface area contributed by atoms with E-state index >= 15 is 0 Å². The van der Waals surface area contributed by atoms with Crippen molar-refractivity contribution in [1.82, 2.24) is 19.8 Å². The third-order valence-electron chi connectivity index (χ3n) is 7.30. The third kappa shape index (κ3) is 4.93. The van der Waals surface area contributed by atoms with E-state index in [-0.39, 0.29) is 24.8 Å². The highest BCUT2D eigenvalue weighted by Crippen LogP contribution is 2.38. The van der Waals surface area contributed by atoms with Gasteiger partial charge in [0, 0.05) is 47.4 Å². The summed E-state index contributed by atoms with van der Waals surface area (Å²) in [6.45, 7) is 3.03. The summed E-state index contributed by atoms with van der Waals surface area (Å²) in [5.74, 6) is -1.83. The molecule has 3 aromatic rings. The fourth-order valence-electron chi connectivity index (χ4n) is 5.31. The number of halogens is 2. The van der Waals surface area contributed by atoms with Crippen LogP contribution in [-0.2, 0) is 26.4 Å². The number of aromatic hydroxyl groups is 1. The number of nitrogens with zero attached hydrogens (tertiary/aromatic N) is 2.